The van der Waals surface area contributed by atoms with Gasteiger partial charge in [0.2, 0.25) is 11.8 Å². The fourth-order valence-corrected chi connectivity index (χ4v) is 4.62. The van der Waals surface area contributed by atoms with E-state index in [2.05, 4.69) is 50.2 Å². The molecular formula is C29H36N8O2. The Morgan fingerprint density at radius 1 is 1.00 bits per heavy atom. The molecule has 0 unspecified atom stereocenters. The van der Waals surface area contributed by atoms with Gasteiger partial charge in [0, 0.05) is 65.1 Å². The van der Waals surface area contributed by atoms with Gasteiger partial charge in [0.25, 0.3) is 5.91 Å². The number of benzene rings is 2. The van der Waals surface area contributed by atoms with Crippen molar-refractivity contribution in [1.29, 1.82) is 0 Å². The molecule has 1 aliphatic rings. The van der Waals surface area contributed by atoms with Crippen LogP contribution in [0.5, 0.6) is 11.6 Å². The third-order valence-electron chi connectivity index (χ3n) is 7.19. The number of aromatic nitrogens is 4. The normalized spacial score (nSPS) is 14.5. The third kappa shape index (κ3) is 5.86. The first kappa shape index (κ1) is 26.6. The van der Waals surface area contributed by atoms with Crippen LogP contribution >= 0.6 is 0 Å². The Morgan fingerprint density at radius 3 is 2.49 bits per heavy atom. The zero-order chi connectivity index (χ0) is 27.7. The molecule has 5 rings (SSSR count). The molecule has 2 aromatic heterocycles. The van der Waals surface area contributed by atoms with E-state index in [1.807, 2.05) is 51.2 Å². The first-order valence-electron chi connectivity index (χ1n) is 13.2. The summed E-state index contributed by atoms with van der Waals surface area (Å²) in [5.74, 6) is 1.26. The molecule has 1 fully saturated rings. The molecule has 1 aliphatic heterocycles. The molecular weight excluding hydrogens is 492 g/mol. The lowest BCUT2D eigenvalue weighted by Gasteiger charge is -2.32. The Labute approximate surface area is 229 Å². The lowest BCUT2D eigenvalue weighted by molar-refractivity contribution is 0.102. The Balaban J connectivity index is 1.33. The highest BCUT2D eigenvalue weighted by Crippen LogP contribution is 2.31. The highest BCUT2D eigenvalue weighted by atomic mass is 16.5. The van der Waals surface area contributed by atoms with Crippen LogP contribution < -0.4 is 15.0 Å². The average molecular weight is 529 g/mol. The van der Waals surface area contributed by atoms with Crippen molar-refractivity contribution in [1.82, 2.24) is 29.5 Å². The van der Waals surface area contributed by atoms with Gasteiger partial charge in [-0.25, -0.2) is 0 Å². The van der Waals surface area contributed by atoms with Crippen molar-refractivity contribution in [2.75, 3.05) is 57.5 Å². The van der Waals surface area contributed by atoms with Crippen molar-refractivity contribution < 1.29 is 9.53 Å². The first-order valence-corrected chi connectivity index (χ1v) is 13.2. The van der Waals surface area contributed by atoms with E-state index in [9.17, 15) is 4.79 Å². The molecule has 204 valence electrons. The lowest BCUT2D eigenvalue weighted by atomic mass is 10.1. The maximum absolute atomic E-state index is 13.2. The smallest absolute Gasteiger partial charge is 0.255 e. The molecule has 10 heteroatoms. The Hall–Kier alpha value is -4.02. The van der Waals surface area contributed by atoms with Crippen LogP contribution in [0.2, 0.25) is 0 Å². The molecule has 3 heterocycles. The van der Waals surface area contributed by atoms with Gasteiger partial charge in [-0.15, -0.1) is 0 Å². The summed E-state index contributed by atoms with van der Waals surface area (Å²) in [4.78, 5) is 29.0. The standard InChI is InChI=1S/C29H36N8O2/c1-19-7-8-21(16-25(19)39-28-24-17-30-36(6)26(24)32-29(33-28)34(3)4)27(38)31-23-10-9-22(20(2)15-23)18-37-13-11-35(5)12-14-37/h7-10,15-17H,11-14,18H2,1-6H3,(H,31,38). The molecule has 0 radical (unpaired) electrons. The van der Waals surface area contributed by atoms with Gasteiger partial charge in [-0.05, 0) is 61.9 Å². The van der Waals surface area contributed by atoms with E-state index in [1.165, 1.54) is 11.1 Å². The number of likely N-dealkylation sites (N-methyl/N-ethyl adjacent to an activating group) is 1. The predicted octanol–water partition coefficient (Wildman–Crippen LogP) is 3.84. The lowest BCUT2D eigenvalue weighted by Crippen LogP contribution is -2.43. The minimum absolute atomic E-state index is 0.200. The molecule has 1 saturated heterocycles. The number of carbonyl (C=O) groups is 1. The molecule has 0 saturated carbocycles. The second-order valence-corrected chi connectivity index (χ2v) is 10.5. The molecule has 1 amide bonds. The van der Waals surface area contributed by atoms with E-state index >= 15 is 0 Å². The summed E-state index contributed by atoms with van der Waals surface area (Å²) in [6.45, 7) is 9.30. The van der Waals surface area contributed by atoms with Gasteiger partial charge in [0.1, 0.15) is 11.1 Å². The van der Waals surface area contributed by atoms with Gasteiger partial charge in [-0.1, -0.05) is 12.1 Å². The van der Waals surface area contributed by atoms with Crippen molar-refractivity contribution >= 4 is 28.6 Å². The number of hydrogen-bond donors (Lipinski definition) is 1. The molecule has 2 aromatic carbocycles. The van der Waals surface area contributed by atoms with Crippen LogP contribution in [0.4, 0.5) is 11.6 Å². The minimum atomic E-state index is -0.200. The van der Waals surface area contributed by atoms with Crippen molar-refractivity contribution in [3.05, 3.63) is 64.8 Å². The topological polar surface area (TPSA) is 91.6 Å². The van der Waals surface area contributed by atoms with Gasteiger partial charge in [0.05, 0.1) is 6.20 Å². The first-order chi connectivity index (χ1) is 18.7. The van der Waals surface area contributed by atoms with Gasteiger partial charge < -0.3 is 19.9 Å². The molecule has 4 aromatic rings. The van der Waals surface area contributed by atoms with Crippen LogP contribution in [0.15, 0.2) is 42.6 Å². The van der Waals surface area contributed by atoms with Crippen LogP contribution in [0, 0.1) is 13.8 Å². The summed E-state index contributed by atoms with van der Waals surface area (Å²) in [7, 11) is 7.74. The van der Waals surface area contributed by atoms with E-state index in [1.54, 1.807) is 23.0 Å². The van der Waals surface area contributed by atoms with Crippen molar-refractivity contribution in [3.8, 4) is 11.6 Å². The maximum Gasteiger partial charge on any atom is 0.255 e. The van der Waals surface area contributed by atoms with Crippen molar-refractivity contribution in [2.45, 2.75) is 20.4 Å². The monoisotopic (exact) mass is 528 g/mol. The molecule has 0 atom stereocenters. The highest BCUT2D eigenvalue weighted by molar-refractivity contribution is 6.04. The quantitative estimate of drug-likeness (QED) is 0.387. The number of nitrogens with zero attached hydrogens (tertiary/aromatic N) is 7. The molecule has 0 spiro atoms. The zero-order valence-electron chi connectivity index (χ0n) is 23.5. The maximum atomic E-state index is 13.2. The molecule has 39 heavy (non-hydrogen) atoms. The fourth-order valence-electron chi connectivity index (χ4n) is 4.62. The van der Waals surface area contributed by atoms with Crippen molar-refractivity contribution in [2.24, 2.45) is 7.05 Å². The number of aryl methyl sites for hydroxylation is 3. The summed E-state index contributed by atoms with van der Waals surface area (Å²) >= 11 is 0. The number of amides is 1. The van der Waals surface area contributed by atoms with Gasteiger partial charge in [0.15, 0.2) is 5.65 Å². The van der Waals surface area contributed by atoms with Crippen molar-refractivity contribution in [3.63, 3.8) is 0 Å². The molecule has 0 bridgehead atoms. The molecule has 0 aliphatic carbocycles. The number of nitrogens with one attached hydrogen (secondary N) is 1. The summed E-state index contributed by atoms with van der Waals surface area (Å²) in [6.07, 6.45) is 1.69. The molecule has 10 nitrogen and oxygen atoms in total. The van der Waals surface area contributed by atoms with Crippen LogP contribution in [-0.4, -0.2) is 82.8 Å². The number of piperazine rings is 1. The van der Waals surface area contributed by atoms with Gasteiger partial charge in [-0.2, -0.15) is 15.1 Å². The summed E-state index contributed by atoms with van der Waals surface area (Å²) in [6, 6.07) is 11.6. The number of anilines is 2. The van der Waals surface area contributed by atoms with E-state index in [0.717, 1.165) is 44.0 Å². The number of carbonyl (C=O) groups excluding carboxylic acids is 1. The number of hydrogen-bond acceptors (Lipinski definition) is 8. The fraction of sp³-hybridized carbons (Fsp3) is 0.379. The molecule has 1 N–H and O–H groups in total. The Bertz CT molecular complexity index is 1500. The number of fused-ring (bicyclic) bond motifs is 1. The number of ether oxygens (including phenoxy) is 1. The van der Waals surface area contributed by atoms with E-state index in [-0.39, 0.29) is 5.91 Å². The highest BCUT2D eigenvalue weighted by Gasteiger charge is 2.18. The van der Waals surface area contributed by atoms with Crippen LogP contribution in [0.1, 0.15) is 27.0 Å². The SMILES string of the molecule is Cc1cc(NC(=O)c2ccc(C)c(Oc3nc(N(C)C)nc4c3cnn4C)c2)ccc1CN1CCN(C)CC1. The van der Waals surface area contributed by atoms with Crippen LogP contribution in [-0.2, 0) is 13.6 Å². The summed E-state index contributed by atoms with van der Waals surface area (Å²) < 4.78 is 7.95. The minimum Gasteiger partial charge on any atom is -0.438 e. The van der Waals surface area contributed by atoms with E-state index < -0.39 is 0 Å². The predicted molar refractivity (Wildman–Crippen MR) is 154 cm³/mol. The van der Waals surface area contributed by atoms with E-state index in [4.69, 9.17) is 4.74 Å². The number of rotatable bonds is 7. The Kier molecular flexibility index (Phi) is 7.49. The van der Waals surface area contributed by atoms with Gasteiger partial charge >= 0.3 is 0 Å². The third-order valence-corrected chi connectivity index (χ3v) is 7.19. The van der Waals surface area contributed by atoms with Crippen LogP contribution in [0.25, 0.3) is 11.0 Å². The second-order valence-electron chi connectivity index (χ2n) is 10.5. The second kappa shape index (κ2) is 11.0. The van der Waals surface area contributed by atoms with Gasteiger partial charge in [-0.3, -0.25) is 14.4 Å². The summed E-state index contributed by atoms with van der Waals surface area (Å²) in [5.41, 5.74) is 5.28. The van der Waals surface area contributed by atoms with E-state index in [0.29, 0.717) is 34.2 Å². The average Bonchev–Trinajstić information content (AvgIpc) is 3.29. The Morgan fingerprint density at radius 2 is 1.77 bits per heavy atom. The zero-order valence-corrected chi connectivity index (χ0v) is 23.5. The largest absolute Gasteiger partial charge is 0.438 e. The summed E-state index contributed by atoms with van der Waals surface area (Å²) in [5, 5.41) is 8.05. The van der Waals surface area contributed by atoms with Crippen LogP contribution in [0.3, 0.4) is 0 Å².